The molecule has 1 fully saturated rings. The Morgan fingerprint density at radius 1 is 1.00 bits per heavy atom. The molecule has 0 unspecified atom stereocenters. The van der Waals surface area contributed by atoms with Crippen LogP contribution in [0, 0.1) is 11.6 Å². The molecule has 1 aromatic heterocycles. The standard InChI is InChI=1S/C23H16F5N5O3/c24-12-9-16(25)19-17(10-12)29-20(34)14-11-18(30-31-21(14)36-19)32-5-7-33(8-6-32)22(35)13-3-1-2-4-15(13)23(26,27)28/h1-4,9-11H,5-8H2,(H,29,34). The predicted octanol–water partition coefficient (Wildman–Crippen LogP) is 4.09. The van der Waals surface area contributed by atoms with Gasteiger partial charge in [0.05, 0.1) is 16.8 Å². The highest BCUT2D eigenvalue weighted by atomic mass is 19.4. The second-order valence-electron chi connectivity index (χ2n) is 8.06. The van der Waals surface area contributed by atoms with Gasteiger partial charge in [-0.25, -0.2) is 8.78 Å². The van der Waals surface area contributed by atoms with Gasteiger partial charge in [-0.15, -0.1) is 10.2 Å². The van der Waals surface area contributed by atoms with Crippen molar-refractivity contribution in [2.24, 2.45) is 0 Å². The number of aromatic nitrogens is 2. The Morgan fingerprint density at radius 3 is 2.44 bits per heavy atom. The maximum Gasteiger partial charge on any atom is 0.417 e. The van der Waals surface area contributed by atoms with Crippen LogP contribution in [0.25, 0.3) is 0 Å². The fourth-order valence-corrected chi connectivity index (χ4v) is 4.03. The van der Waals surface area contributed by atoms with Crippen LogP contribution >= 0.6 is 0 Å². The number of benzene rings is 2. The van der Waals surface area contributed by atoms with Crippen LogP contribution in [0.4, 0.5) is 33.5 Å². The Kier molecular flexibility index (Phi) is 5.69. The van der Waals surface area contributed by atoms with Crippen molar-refractivity contribution in [1.29, 1.82) is 0 Å². The summed E-state index contributed by atoms with van der Waals surface area (Å²) < 4.78 is 73.0. The fourth-order valence-electron chi connectivity index (χ4n) is 4.03. The van der Waals surface area contributed by atoms with Crippen molar-refractivity contribution in [3.05, 3.63) is 70.8 Å². The van der Waals surface area contributed by atoms with E-state index < -0.39 is 46.5 Å². The average molecular weight is 505 g/mol. The second kappa shape index (κ2) is 8.73. The summed E-state index contributed by atoms with van der Waals surface area (Å²) in [5, 5.41) is 10.2. The van der Waals surface area contributed by atoms with E-state index in [-0.39, 0.29) is 49.1 Å². The molecule has 5 rings (SSSR count). The summed E-state index contributed by atoms with van der Waals surface area (Å²) in [5.41, 5.74) is -1.71. The van der Waals surface area contributed by atoms with Crippen molar-refractivity contribution < 1.29 is 36.3 Å². The molecule has 3 aromatic rings. The summed E-state index contributed by atoms with van der Waals surface area (Å²) in [6, 6.07) is 7.46. The number of piperazine rings is 1. The highest BCUT2D eigenvalue weighted by molar-refractivity contribution is 6.08. The summed E-state index contributed by atoms with van der Waals surface area (Å²) in [6.07, 6.45) is -4.66. The molecule has 2 amide bonds. The molecule has 2 aliphatic heterocycles. The van der Waals surface area contributed by atoms with Crippen molar-refractivity contribution in [3.8, 4) is 11.6 Å². The van der Waals surface area contributed by atoms with Crippen molar-refractivity contribution >= 4 is 23.3 Å². The van der Waals surface area contributed by atoms with Crippen molar-refractivity contribution in [2.45, 2.75) is 6.18 Å². The summed E-state index contributed by atoms with van der Waals surface area (Å²) in [5.74, 6) is -3.84. The summed E-state index contributed by atoms with van der Waals surface area (Å²) in [7, 11) is 0. The van der Waals surface area contributed by atoms with E-state index in [0.29, 0.717) is 6.07 Å². The SMILES string of the molecule is O=C1Nc2cc(F)cc(F)c2Oc2nnc(N3CCN(C(=O)c4ccccc4C(F)(F)F)CC3)cc21. The first kappa shape index (κ1) is 23.5. The molecule has 0 spiro atoms. The Hall–Kier alpha value is -4.29. The average Bonchev–Trinajstić information content (AvgIpc) is 2.99. The third-order valence-electron chi connectivity index (χ3n) is 5.80. The minimum atomic E-state index is -4.66. The van der Waals surface area contributed by atoms with Crippen LogP contribution in [0.15, 0.2) is 42.5 Å². The van der Waals surface area contributed by atoms with Gasteiger partial charge >= 0.3 is 6.18 Å². The fraction of sp³-hybridized carbons (Fsp3) is 0.217. The van der Waals surface area contributed by atoms with E-state index in [0.717, 1.165) is 18.2 Å². The van der Waals surface area contributed by atoms with Gasteiger partial charge in [-0.3, -0.25) is 9.59 Å². The van der Waals surface area contributed by atoms with E-state index in [1.165, 1.54) is 23.1 Å². The lowest BCUT2D eigenvalue weighted by Gasteiger charge is -2.35. The Bertz CT molecular complexity index is 1370. The van der Waals surface area contributed by atoms with E-state index in [9.17, 15) is 31.5 Å². The Balaban J connectivity index is 1.33. The van der Waals surface area contributed by atoms with Gasteiger partial charge < -0.3 is 19.9 Å². The second-order valence-corrected chi connectivity index (χ2v) is 8.06. The lowest BCUT2D eigenvalue weighted by atomic mass is 10.1. The lowest BCUT2D eigenvalue weighted by molar-refractivity contribution is -0.138. The number of carbonyl (C=O) groups is 2. The van der Waals surface area contributed by atoms with Gasteiger partial charge in [0, 0.05) is 44.4 Å². The first-order chi connectivity index (χ1) is 17.1. The van der Waals surface area contributed by atoms with Crippen LogP contribution in [0.2, 0.25) is 0 Å². The third-order valence-corrected chi connectivity index (χ3v) is 5.80. The highest BCUT2D eigenvalue weighted by Crippen LogP contribution is 2.38. The lowest BCUT2D eigenvalue weighted by Crippen LogP contribution is -2.49. The minimum Gasteiger partial charge on any atom is -0.432 e. The number of amides is 2. The number of nitrogens with one attached hydrogen (secondary N) is 1. The normalized spacial score (nSPS) is 15.4. The number of halogens is 5. The molecule has 0 radical (unpaired) electrons. The summed E-state index contributed by atoms with van der Waals surface area (Å²) in [6.45, 7) is 0.608. The molecule has 0 aliphatic carbocycles. The Morgan fingerprint density at radius 2 is 1.72 bits per heavy atom. The molecule has 13 heteroatoms. The van der Waals surface area contributed by atoms with Gasteiger partial charge in [0.1, 0.15) is 11.4 Å². The summed E-state index contributed by atoms with van der Waals surface area (Å²) >= 11 is 0. The molecular weight excluding hydrogens is 489 g/mol. The third kappa shape index (κ3) is 4.27. The number of fused-ring (bicyclic) bond motifs is 2. The van der Waals surface area contributed by atoms with Crippen LogP contribution in [0.5, 0.6) is 11.6 Å². The monoisotopic (exact) mass is 505 g/mol. The molecular formula is C23H16F5N5O3. The van der Waals surface area contributed by atoms with E-state index in [2.05, 4.69) is 15.5 Å². The van der Waals surface area contributed by atoms with Gasteiger partial charge in [-0.2, -0.15) is 13.2 Å². The summed E-state index contributed by atoms with van der Waals surface area (Å²) in [4.78, 5) is 28.5. The minimum absolute atomic E-state index is 0.0754. The maximum absolute atomic E-state index is 14.2. The first-order valence-electron chi connectivity index (χ1n) is 10.7. The first-order valence-corrected chi connectivity index (χ1v) is 10.7. The number of anilines is 2. The topological polar surface area (TPSA) is 87.7 Å². The van der Waals surface area contributed by atoms with Gasteiger partial charge in [0.15, 0.2) is 17.4 Å². The zero-order valence-electron chi connectivity index (χ0n) is 18.3. The smallest absolute Gasteiger partial charge is 0.417 e. The largest absolute Gasteiger partial charge is 0.432 e. The van der Waals surface area contributed by atoms with Crippen LogP contribution in [-0.4, -0.2) is 53.1 Å². The molecule has 8 nitrogen and oxygen atoms in total. The quantitative estimate of drug-likeness (QED) is 0.528. The van der Waals surface area contributed by atoms with Gasteiger partial charge in [0.25, 0.3) is 17.7 Å². The van der Waals surface area contributed by atoms with Gasteiger partial charge in [-0.05, 0) is 12.1 Å². The molecule has 1 N–H and O–H groups in total. The van der Waals surface area contributed by atoms with Crippen LogP contribution in [0.1, 0.15) is 26.3 Å². The number of carbonyl (C=O) groups excluding carboxylic acids is 2. The van der Waals surface area contributed by atoms with Crippen molar-refractivity contribution in [2.75, 3.05) is 36.4 Å². The highest BCUT2D eigenvalue weighted by Gasteiger charge is 2.36. The number of nitrogens with zero attached hydrogens (tertiary/aromatic N) is 4. The molecule has 186 valence electrons. The van der Waals surface area contributed by atoms with E-state index in [1.807, 2.05) is 0 Å². The number of rotatable bonds is 2. The van der Waals surface area contributed by atoms with Gasteiger partial charge in [-0.1, -0.05) is 12.1 Å². The Labute approximate surface area is 200 Å². The predicted molar refractivity (Wildman–Crippen MR) is 116 cm³/mol. The molecule has 1 saturated heterocycles. The zero-order valence-corrected chi connectivity index (χ0v) is 18.3. The molecule has 3 heterocycles. The molecule has 0 bridgehead atoms. The number of hydrogen-bond donors (Lipinski definition) is 1. The van der Waals surface area contributed by atoms with E-state index in [4.69, 9.17) is 4.74 Å². The molecule has 0 saturated carbocycles. The zero-order chi connectivity index (χ0) is 25.6. The molecule has 2 aliphatic rings. The van der Waals surface area contributed by atoms with Crippen molar-refractivity contribution in [1.82, 2.24) is 15.1 Å². The number of hydrogen-bond acceptors (Lipinski definition) is 6. The molecule has 36 heavy (non-hydrogen) atoms. The van der Waals surface area contributed by atoms with Crippen molar-refractivity contribution in [3.63, 3.8) is 0 Å². The maximum atomic E-state index is 14.2. The molecule has 2 aromatic carbocycles. The van der Waals surface area contributed by atoms with E-state index >= 15 is 0 Å². The van der Waals surface area contributed by atoms with Gasteiger partial charge in [0.2, 0.25) is 0 Å². The van der Waals surface area contributed by atoms with E-state index in [1.54, 1.807) is 4.90 Å². The van der Waals surface area contributed by atoms with Crippen LogP contribution in [-0.2, 0) is 6.18 Å². The van der Waals surface area contributed by atoms with Crippen LogP contribution < -0.4 is 15.0 Å². The number of ether oxygens (including phenoxy) is 1. The number of alkyl halides is 3. The molecule has 0 atom stereocenters. The van der Waals surface area contributed by atoms with Crippen LogP contribution in [0.3, 0.4) is 0 Å².